The average molecular weight is 330 g/mol. The van der Waals surface area contributed by atoms with Gasteiger partial charge in [-0.2, -0.15) is 5.10 Å². The number of rotatable bonds is 3. The van der Waals surface area contributed by atoms with Crippen molar-refractivity contribution >= 4 is 5.91 Å². The number of aromatic nitrogens is 2. The Hall–Kier alpha value is -2.21. The molecule has 1 aromatic carbocycles. The zero-order valence-corrected chi connectivity index (χ0v) is 14.3. The minimum atomic E-state index is -0.436. The maximum atomic E-state index is 14.6. The van der Waals surface area contributed by atoms with Crippen molar-refractivity contribution in [1.82, 2.24) is 20.0 Å². The zero-order valence-electron chi connectivity index (χ0n) is 14.3. The Bertz CT molecular complexity index is 755. The van der Waals surface area contributed by atoms with Crippen LogP contribution in [0, 0.1) is 19.7 Å². The fourth-order valence-corrected chi connectivity index (χ4v) is 3.26. The largest absolute Gasteiger partial charge is 0.337 e. The van der Waals surface area contributed by atoms with Gasteiger partial charge >= 0.3 is 0 Å². The number of carbonyl (C=O) groups excluding carboxylic acids is 1. The number of amides is 1. The average Bonchev–Trinajstić information content (AvgIpc) is 2.92. The topological polar surface area (TPSA) is 50.2 Å². The Morgan fingerprint density at radius 2 is 2.12 bits per heavy atom. The number of aryl methyl sites for hydroxylation is 2. The number of carbonyl (C=O) groups is 1. The molecule has 3 rings (SSSR count). The lowest BCUT2D eigenvalue weighted by Crippen LogP contribution is -2.47. The summed E-state index contributed by atoms with van der Waals surface area (Å²) in [4.78, 5) is 14.4. The number of hydrogen-bond donors (Lipinski definition) is 1. The fourth-order valence-electron chi connectivity index (χ4n) is 3.26. The SMILES string of the molecule is CN[C@H]1CCCN(C(=O)c2ccc(-n3nc(C)cc3C)c(F)c2)C1. The predicted molar refractivity (Wildman–Crippen MR) is 91.0 cm³/mol. The fraction of sp³-hybridized carbons (Fsp3) is 0.444. The van der Waals surface area contributed by atoms with E-state index in [9.17, 15) is 9.18 Å². The third-order valence-corrected chi connectivity index (χ3v) is 4.55. The van der Waals surface area contributed by atoms with Gasteiger partial charge in [0.2, 0.25) is 0 Å². The number of nitrogens with zero attached hydrogens (tertiary/aromatic N) is 3. The zero-order chi connectivity index (χ0) is 17.3. The lowest BCUT2D eigenvalue weighted by Gasteiger charge is -2.32. The van der Waals surface area contributed by atoms with E-state index in [1.165, 1.54) is 6.07 Å². The van der Waals surface area contributed by atoms with Gasteiger partial charge in [-0.3, -0.25) is 4.79 Å². The molecule has 2 aromatic rings. The van der Waals surface area contributed by atoms with E-state index in [0.717, 1.165) is 30.8 Å². The molecule has 5 nitrogen and oxygen atoms in total. The maximum Gasteiger partial charge on any atom is 0.254 e. The quantitative estimate of drug-likeness (QED) is 0.940. The van der Waals surface area contributed by atoms with Gasteiger partial charge in [0.1, 0.15) is 11.5 Å². The van der Waals surface area contributed by atoms with Gasteiger partial charge in [-0.25, -0.2) is 9.07 Å². The standard InChI is InChI=1S/C18H23FN4O/c1-12-9-13(2)23(21-12)17-7-6-14(10-16(17)19)18(24)22-8-4-5-15(11-22)20-3/h6-7,9-10,15,20H,4-5,8,11H2,1-3H3/t15-/m0/s1. The van der Waals surface area contributed by atoms with Crippen molar-refractivity contribution in [2.24, 2.45) is 0 Å². The van der Waals surface area contributed by atoms with Crippen LogP contribution >= 0.6 is 0 Å². The number of hydrogen-bond acceptors (Lipinski definition) is 3. The number of likely N-dealkylation sites (N-methyl/N-ethyl adjacent to an activating group) is 1. The number of piperidine rings is 1. The number of halogens is 1. The molecule has 1 aromatic heterocycles. The summed E-state index contributed by atoms with van der Waals surface area (Å²) in [6.45, 7) is 5.13. The summed E-state index contributed by atoms with van der Waals surface area (Å²) < 4.78 is 16.1. The summed E-state index contributed by atoms with van der Waals surface area (Å²) in [6, 6.07) is 6.82. The lowest BCUT2D eigenvalue weighted by atomic mass is 10.0. The van der Waals surface area contributed by atoms with E-state index < -0.39 is 5.82 Å². The summed E-state index contributed by atoms with van der Waals surface area (Å²) in [5.74, 6) is -0.553. The molecule has 6 heteroatoms. The van der Waals surface area contributed by atoms with Gasteiger partial charge in [-0.1, -0.05) is 0 Å². The van der Waals surface area contributed by atoms with Crippen LogP contribution in [-0.2, 0) is 0 Å². The molecule has 1 aliphatic rings. The van der Waals surface area contributed by atoms with Crippen LogP contribution in [0.1, 0.15) is 34.6 Å². The van der Waals surface area contributed by atoms with Gasteiger partial charge < -0.3 is 10.2 Å². The highest BCUT2D eigenvalue weighted by Crippen LogP contribution is 2.20. The van der Waals surface area contributed by atoms with E-state index in [2.05, 4.69) is 10.4 Å². The van der Waals surface area contributed by atoms with Crippen LogP contribution in [0.3, 0.4) is 0 Å². The van der Waals surface area contributed by atoms with Crippen molar-refractivity contribution in [2.75, 3.05) is 20.1 Å². The van der Waals surface area contributed by atoms with Crippen molar-refractivity contribution in [2.45, 2.75) is 32.7 Å². The van der Waals surface area contributed by atoms with Gasteiger partial charge in [-0.05, 0) is 58.0 Å². The van der Waals surface area contributed by atoms with E-state index in [-0.39, 0.29) is 5.91 Å². The molecule has 2 heterocycles. The van der Waals surface area contributed by atoms with Crippen LogP contribution in [-0.4, -0.2) is 46.8 Å². The molecule has 1 N–H and O–H groups in total. The van der Waals surface area contributed by atoms with Crippen LogP contribution < -0.4 is 5.32 Å². The smallest absolute Gasteiger partial charge is 0.254 e. The van der Waals surface area contributed by atoms with E-state index >= 15 is 0 Å². The van der Waals surface area contributed by atoms with Crippen LogP contribution in [0.15, 0.2) is 24.3 Å². The van der Waals surface area contributed by atoms with Crippen LogP contribution in [0.5, 0.6) is 0 Å². The van der Waals surface area contributed by atoms with Crippen molar-refractivity contribution < 1.29 is 9.18 Å². The molecular weight excluding hydrogens is 307 g/mol. The first-order valence-corrected chi connectivity index (χ1v) is 8.29. The first-order valence-electron chi connectivity index (χ1n) is 8.29. The second-order valence-corrected chi connectivity index (χ2v) is 6.38. The van der Waals surface area contributed by atoms with Crippen molar-refractivity contribution in [3.63, 3.8) is 0 Å². The van der Waals surface area contributed by atoms with Gasteiger partial charge in [0, 0.05) is 30.4 Å². The highest BCUT2D eigenvalue weighted by Gasteiger charge is 2.24. The Kier molecular flexibility index (Phi) is 4.66. The van der Waals surface area contributed by atoms with E-state index in [0.29, 0.717) is 23.8 Å². The van der Waals surface area contributed by atoms with Crippen molar-refractivity contribution in [3.8, 4) is 5.69 Å². The van der Waals surface area contributed by atoms with Gasteiger partial charge in [0.25, 0.3) is 5.91 Å². The van der Waals surface area contributed by atoms with Crippen LogP contribution in [0.4, 0.5) is 4.39 Å². The number of nitrogens with one attached hydrogen (secondary N) is 1. The molecule has 1 amide bonds. The molecule has 0 unspecified atom stereocenters. The Morgan fingerprint density at radius 3 is 2.75 bits per heavy atom. The van der Waals surface area contributed by atoms with Crippen LogP contribution in [0.25, 0.3) is 5.69 Å². The van der Waals surface area contributed by atoms with E-state index in [1.807, 2.05) is 27.0 Å². The summed E-state index contributed by atoms with van der Waals surface area (Å²) in [5, 5.41) is 7.51. The van der Waals surface area contributed by atoms with E-state index in [1.54, 1.807) is 21.7 Å². The summed E-state index contributed by atoms with van der Waals surface area (Å²) in [7, 11) is 1.90. The molecule has 1 saturated heterocycles. The highest BCUT2D eigenvalue weighted by molar-refractivity contribution is 5.94. The van der Waals surface area contributed by atoms with Crippen molar-refractivity contribution in [1.29, 1.82) is 0 Å². The number of likely N-dealkylation sites (tertiary alicyclic amines) is 1. The second kappa shape index (κ2) is 6.73. The van der Waals surface area contributed by atoms with Gasteiger partial charge in [0.05, 0.1) is 5.69 Å². The minimum absolute atomic E-state index is 0.117. The molecule has 1 fully saturated rings. The Morgan fingerprint density at radius 1 is 1.33 bits per heavy atom. The molecular formula is C18H23FN4O. The van der Waals surface area contributed by atoms with Crippen LogP contribution in [0.2, 0.25) is 0 Å². The summed E-state index contributed by atoms with van der Waals surface area (Å²) >= 11 is 0. The first kappa shape index (κ1) is 16.6. The molecule has 1 atom stereocenters. The van der Waals surface area contributed by atoms with E-state index in [4.69, 9.17) is 0 Å². The molecule has 1 aliphatic heterocycles. The Balaban J connectivity index is 1.84. The number of benzene rings is 1. The minimum Gasteiger partial charge on any atom is -0.337 e. The summed E-state index contributed by atoms with van der Waals surface area (Å²) in [5.41, 5.74) is 2.44. The summed E-state index contributed by atoms with van der Waals surface area (Å²) in [6.07, 6.45) is 2.02. The van der Waals surface area contributed by atoms with Gasteiger partial charge in [-0.15, -0.1) is 0 Å². The predicted octanol–water partition coefficient (Wildman–Crippen LogP) is 2.45. The molecule has 0 saturated carbocycles. The monoisotopic (exact) mass is 330 g/mol. The van der Waals surface area contributed by atoms with Crippen molar-refractivity contribution in [3.05, 3.63) is 47.0 Å². The van der Waals surface area contributed by atoms with Gasteiger partial charge in [0.15, 0.2) is 0 Å². The lowest BCUT2D eigenvalue weighted by molar-refractivity contribution is 0.0697. The Labute approximate surface area is 141 Å². The normalized spacial score (nSPS) is 18.0. The molecule has 128 valence electrons. The maximum absolute atomic E-state index is 14.6. The molecule has 24 heavy (non-hydrogen) atoms. The third-order valence-electron chi connectivity index (χ3n) is 4.55. The third kappa shape index (κ3) is 3.19. The molecule has 0 bridgehead atoms. The highest BCUT2D eigenvalue weighted by atomic mass is 19.1. The molecule has 0 spiro atoms. The molecule has 0 aliphatic carbocycles. The first-order chi connectivity index (χ1) is 11.5. The second-order valence-electron chi connectivity index (χ2n) is 6.38. The molecule has 0 radical (unpaired) electrons.